The molecule has 0 aromatic heterocycles. The molecule has 0 aromatic carbocycles. The Kier molecular flexibility index (Phi) is 5.82. The van der Waals surface area contributed by atoms with Gasteiger partial charge in [-0.25, -0.2) is 0 Å². The van der Waals surface area contributed by atoms with Crippen LogP contribution in [-0.4, -0.2) is 6.71 Å². The molecule has 5 heteroatoms. The van der Waals surface area contributed by atoms with Gasteiger partial charge in [-0.3, -0.25) is 0 Å². The third-order valence-corrected chi connectivity index (χ3v) is 2.24. The summed E-state index contributed by atoms with van der Waals surface area (Å²) >= 11 is 5.10. The van der Waals surface area contributed by atoms with E-state index < -0.39 is 5.83 Å². The number of hydrogen-bond acceptors (Lipinski definition) is 1. The van der Waals surface area contributed by atoms with Crippen LogP contribution in [0.1, 0.15) is 0 Å². The Bertz CT molecular complexity index is 241. The molecule has 0 spiro atoms. The number of nitrogens with zero attached hydrogens (tertiary/aromatic N) is 1. The van der Waals surface area contributed by atoms with Crippen LogP contribution in [-0.2, 0) is 38.7 Å². The van der Waals surface area contributed by atoms with Gasteiger partial charge in [-0.05, 0) is 0 Å². The van der Waals surface area contributed by atoms with Gasteiger partial charge in [-0.2, -0.15) is 0 Å². The molecule has 52 valence electrons. The Morgan fingerprint density at radius 3 is 2.40 bits per heavy atom. The number of hydrogen-bond donors (Lipinski definition) is 0. The quantitative estimate of drug-likeness (QED) is 0.515. The Morgan fingerprint density at radius 2 is 2.10 bits per heavy atom. The molecule has 0 amide bonds. The maximum absolute atomic E-state index is 12.6. The Morgan fingerprint density at radius 1 is 1.60 bits per heavy atom. The van der Waals surface area contributed by atoms with Crippen molar-refractivity contribution in [2.45, 2.75) is 0 Å². The third kappa shape index (κ3) is 4.55. The summed E-state index contributed by atoms with van der Waals surface area (Å²) < 4.78 is 13.6. The topological polar surface area (TPSA) is 23.8 Å². The first-order chi connectivity index (χ1) is 4.57. The van der Waals surface area contributed by atoms with Crippen molar-refractivity contribution in [3.8, 4) is 6.07 Å². The van der Waals surface area contributed by atoms with Crippen molar-refractivity contribution in [1.29, 1.82) is 5.26 Å². The molecule has 0 aromatic rings. The van der Waals surface area contributed by atoms with Crippen LogP contribution in [0.15, 0.2) is 11.9 Å². The molecule has 0 aliphatic heterocycles. The number of allylic oxidation sites excluding steroid dienone is 2. The van der Waals surface area contributed by atoms with E-state index in [0.29, 0.717) is 0 Å². The van der Waals surface area contributed by atoms with Crippen LogP contribution in [0.4, 0.5) is 4.39 Å². The first-order valence-electron chi connectivity index (χ1n) is 2.09. The maximum atomic E-state index is 12.6. The Balaban J connectivity index is 4.38. The van der Waals surface area contributed by atoms with Gasteiger partial charge in [-0.1, -0.05) is 0 Å². The number of halogens is 2. The van der Waals surface area contributed by atoms with Crippen LogP contribution in [0.25, 0.3) is 0 Å². The van der Waals surface area contributed by atoms with Gasteiger partial charge in [0.25, 0.3) is 0 Å². The molecule has 0 atom stereocenters. The first kappa shape index (κ1) is 10.8. The molecule has 0 fully saturated rings. The first-order valence-corrected chi connectivity index (χ1v) is 5.81. The molecule has 0 saturated carbocycles. The van der Waals surface area contributed by atoms with Gasteiger partial charge in [0.05, 0.1) is 0 Å². The molecular formula is C5HBrFNW2. The molecule has 0 rings (SSSR count). The fourth-order valence-electron chi connectivity index (χ4n) is 0.219. The summed E-state index contributed by atoms with van der Waals surface area (Å²) in [6.07, 6.45) is 1.32. The summed E-state index contributed by atoms with van der Waals surface area (Å²) in [4.78, 5) is 0. The zero-order valence-electron chi connectivity index (χ0n) is 4.60. The summed E-state index contributed by atoms with van der Waals surface area (Å²) in [7, 11) is 0. The molecule has 0 heterocycles. The second kappa shape index (κ2) is 5.41. The molecular weight excluding hydrogens is 541 g/mol. The van der Waals surface area contributed by atoms with Crippen molar-refractivity contribution in [2.24, 2.45) is 0 Å². The molecule has 0 N–H and O–H groups in total. The zero-order valence-corrected chi connectivity index (χ0v) is 12.0. The normalized spacial score (nSPS) is 10.3. The van der Waals surface area contributed by atoms with E-state index in [9.17, 15) is 4.39 Å². The van der Waals surface area contributed by atoms with Crippen LogP contribution in [0.5, 0.6) is 0 Å². The third-order valence-electron chi connectivity index (χ3n) is 0.559. The van der Waals surface area contributed by atoms with Crippen LogP contribution in [0.2, 0.25) is 0 Å². The molecule has 10 heavy (non-hydrogen) atoms. The van der Waals surface area contributed by atoms with Crippen molar-refractivity contribution in [3.05, 3.63) is 11.9 Å². The zero-order chi connectivity index (χ0) is 8.15. The van der Waals surface area contributed by atoms with Gasteiger partial charge < -0.3 is 0 Å². The van der Waals surface area contributed by atoms with Crippen molar-refractivity contribution in [2.75, 3.05) is 0 Å². The van der Waals surface area contributed by atoms with Gasteiger partial charge in [0.15, 0.2) is 0 Å². The van der Waals surface area contributed by atoms with Crippen LogP contribution < -0.4 is 0 Å². The molecule has 0 aliphatic carbocycles. The van der Waals surface area contributed by atoms with E-state index in [-0.39, 0.29) is 3.90 Å². The second-order valence-corrected chi connectivity index (χ2v) is 7.21. The molecule has 0 radical (unpaired) electrons. The monoisotopic (exact) mass is 541 g/mol. The van der Waals surface area contributed by atoms with E-state index in [0.717, 1.165) is 41.5 Å². The van der Waals surface area contributed by atoms with Gasteiger partial charge in [0.1, 0.15) is 0 Å². The minimum absolute atomic E-state index is 0.193. The van der Waals surface area contributed by atoms with Crippen molar-refractivity contribution in [3.63, 3.8) is 0 Å². The summed E-state index contributed by atoms with van der Waals surface area (Å²) in [6.45, 7) is 0. The van der Waals surface area contributed by atoms with Gasteiger partial charge in [0, 0.05) is 0 Å². The van der Waals surface area contributed by atoms with Crippen LogP contribution >= 0.6 is 15.9 Å². The number of nitriles is 1. The standard InChI is InChI=1S/C5HBrFN.2W/c6-3-1-5(7)2-4-8;;/h1H;;/b5-1+;;. The Labute approximate surface area is 88.2 Å². The number of rotatable bonds is 2. The predicted molar refractivity (Wildman–Crippen MR) is 33.7 cm³/mol. The van der Waals surface area contributed by atoms with E-state index in [4.69, 9.17) is 5.26 Å². The summed E-state index contributed by atoms with van der Waals surface area (Å²) in [5.41, 5.74) is 0. The fourth-order valence-corrected chi connectivity index (χ4v) is 1.00. The molecule has 0 aliphatic rings. The molecule has 0 bridgehead atoms. The second-order valence-electron chi connectivity index (χ2n) is 1.24. The van der Waals surface area contributed by atoms with Crippen LogP contribution in [0.3, 0.4) is 0 Å². The summed E-state index contributed by atoms with van der Waals surface area (Å²) in [6, 6.07) is 1.76. The fraction of sp³-hybridized carbons (Fsp3) is 0. The summed E-state index contributed by atoms with van der Waals surface area (Å²) in [5.74, 6) is -0.431. The SMILES string of the molecule is N#C[C](=[W])/C(F)=C\[C](Br)=[W]. The van der Waals surface area contributed by atoms with Gasteiger partial charge in [0.2, 0.25) is 0 Å². The van der Waals surface area contributed by atoms with E-state index in [1.54, 1.807) is 6.07 Å². The van der Waals surface area contributed by atoms with Crippen molar-refractivity contribution in [1.82, 2.24) is 0 Å². The van der Waals surface area contributed by atoms with E-state index >= 15 is 0 Å². The minimum atomic E-state index is -0.431. The van der Waals surface area contributed by atoms with E-state index in [1.165, 1.54) is 6.08 Å². The Hall–Kier alpha value is 0.757. The predicted octanol–water partition coefficient (Wildman–Crippen LogP) is 1.15. The van der Waals surface area contributed by atoms with Gasteiger partial charge in [-0.15, -0.1) is 0 Å². The van der Waals surface area contributed by atoms with E-state index in [2.05, 4.69) is 15.9 Å². The van der Waals surface area contributed by atoms with Gasteiger partial charge >= 0.3 is 89.0 Å². The average Bonchev–Trinajstić information content (AvgIpc) is 1.85. The van der Waals surface area contributed by atoms with E-state index in [1.807, 2.05) is 0 Å². The van der Waals surface area contributed by atoms with Crippen molar-refractivity contribution >= 4 is 22.6 Å². The van der Waals surface area contributed by atoms with Crippen LogP contribution in [0, 0.1) is 11.3 Å². The van der Waals surface area contributed by atoms with Crippen molar-refractivity contribution < 1.29 is 43.1 Å². The molecule has 0 unspecified atom stereocenters. The average molecular weight is 542 g/mol. The molecule has 0 saturated heterocycles. The molecule has 1 nitrogen and oxygen atoms in total. The summed E-state index contributed by atoms with van der Waals surface area (Å²) in [5, 5.41) is 8.25.